The van der Waals surface area contributed by atoms with Gasteiger partial charge >= 0.3 is 5.97 Å². The van der Waals surface area contributed by atoms with Gasteiger partial charge in [0.1, 0.15) is 0 Å². The average molecular weight is 258 g/mol. The molecule has 0 aromatic rings. The van der Waals surface area contributed by atoms with Crippen LogP contribution >= 0.6 is 0 Å². The number of oxime groups is 1. The zero-order chi connectivity index (χ0) is 14.0. The van der Waals surface area contributed by atoms with Crippen molar-refractivity contribution in [2.75, 3.05) is 6.61 Å². The van der Waals surface area contributed by atoms with Gasteiger partial charge < -0.3 is 15.3 Å². The monoisotopic (exact) mass is 258 g/mol. The Kier molecular flexibility index (Phi) is 8.61. The van der Waals surface area contributed by atoms with Gasteiger partial charge in [-0.05, 0) is 33.6 Å². The van der Waals surface area contributed by atoms with Crippen LogP contribution in [0.2, 0.25) is 0 Å². The molecular weight excluding hydrogens is 236 g/mol. The molecule has 0 spiro atoms. The minimum Gasteiger partial charge on any atom is -0.461 e. The highest BCUT2D eigenvalue weighted by Gasteiger charge is 2.13. The smallest absolute Gasteiger partial charge is 0.356 e. The second-order valence-electron chi connectivity index (χ2n) is 4.20. The first-order valence-corrected chi connectivity index (χ1v) is 6.18. The van der Waals surface area contributed by atoms with Crippen LogP contribution in [0, 0.1) is 0 Å². The van der Waals surface area contributed by atoms with E-state index in [1.54, 1.807) is 6.92 Å². The molecule has 0 unspecified atom stereocenters. The molecule has 0 bridgehead atoms. The van der Waals surface area contributed by atoms with E-state index in [0.717, 1.165) is 0 Å². The summed E-state index contributed by atoms with van der Waals surface area (Å²) in [6.45, 7) is 5.72. The fourth-order valence-corrected chi connectivity index (χ4v) is 1.38. The van der Waals surface area contributed by atoms with Gasteiger partial charge in [-0.25, -0.2) is 4.79 Å². The quantitative estimate of drug-likeness (QED) is 0.227. The van der Waals surface area contributed by atoms with E-state index in [-0.39, 0.29) is 24.3 Å². The highest BCUT2D eigenvalue weighted by atomic mass is 16.5. The van der Waals surface area contributed by atoms with Gasteiger partial charge in [-0.3, -0.25) is 4.79 Å². The van der Waals surface area contributed by atoms with Gasteiger partial charge in [-0.15, -0.1) is 0 Å². The molecule has 0 aliphatic heterocycles. The molecule has 0 aliphatic carbocycles. The Bertz CT molecular complexity index is 300. The summed E-state index contributed by atoms with van der Waals surface area (Å²) in [5, 5.41) is 14.3. The summed E-state index contributed by atoms with van der Waals surface area (Å²) in [5.74, 6) is -0.616. The third-order valence-corrected chi connectivity index (χ3v) is 2.15. The van der Waals surface area contributed by atoms with Crippen LogP contribution in [0.5, 0.6) is 0 Å². The molecule has 1 amide bonds. The van der Waals surface area contributed by atoms with E-state index in [1.165, 1.54) is 0 Å². The van der Waals surface area contributed by atoms with Crippen molar-refractivity contribution < 1.29 is 19.5 Å². The summed E-state index contributed by atoms with van der Waals surface area (Å²) in [6.07, 6.45) is 1.95. The molecule has 18 heavy (non-hydrogen) atoms. The Hall–Kier alpha value is -1.59. The van der Waals surface area contributed by atoms with E-state index in [0.29, 0.717) is 25.7 Å². The lowest BCUT2D eigenvalue weighted by Gasteiger charge is -2.08. The topological polar surface area (TPSA) is 88.0 Å². The van der Waals surface area contributed by atoms with E-state index in [9.17, 15) is 9.59 Å². The van der Waals surface area contributed by atoms with Crippen molar-refractivity contribution in [2.45, 2.75) is 52.5 Å². The SMILES string of the molecule is CCOC(=O)/C(CCCCC(=O)NC(C)C)=N\O. The molecule has 0 saturated heterocycles. The van der Waals surface area contributed by atoms with Crippen LogP contribution < -0.4 is 5.32 Å². The van der Waals surface area contributed by atoms with Crippen LogP contribution in [-0.4, -0.2) is 35.4 Å². The maximum Gasteiger partial charge on any atom is 0.356 e. The van der Waals surface area contributed by atoms with Gasteiger partial charge in [-0.2, -0.15) is 0 Å². The third kappa shape index (κ3) is 7.65. The molecule has 0 aliphatic rings. The predicted octanol–water partition coefficient (Wildman–Crippen LogP) is 1.46. The zero-order valence-corrected chi connectivity index (χ0v) is 11.2. The summed E-state index contributed by atoms with van der Waals surface area (Å²) in [6, 6.07) is 0.131. The second kappa shape index (κ2) is 9.44. The maximum atomic E-state index is 11.3. The number of rotatable bonds is 8. The molecule has 0 saturated carbocycles. The number of ether oxygens (including phenoxy) is 1. The molecule has 104 valence electrons. The van der Waals surface area contributed by atoms with E-state index < -0.39 is 5.97 Å². The van der Waals surface area contributed by atoms with Crippen LogP contribution in [0.1, 0.15) is 46.5 Å². The molecule has 6 heteroatoms. The standard InChI is InChI=1S/C12H22N2O4/c1-4-18-12(16)10(14-17)7-5-6-8-11(15)13-9(2)3/h9,17H,4-8H2,1-3H3,(H,13,15)/b14-10-. The first-order chi connectivity index (χ1) is 8.51. The lowest BCUT2D eigenvalue weighted by atomic mass is 10.1. The number of esters is 1. The van der Waals surface area contributed by atoms with E-state index in [2.05, 4.69) is 10.5 Å². The summed E-state index contributed by atoms with van der Waals surface area (Å²) >= 11 is 0. The van der Waals surface area contributed by atoms with Crippen LogP contribution in [0.4, 0.5) is 0 Å². The fourth-order valence-electron chi connectivity index (χ4n) is 1.38. The van der Waals surface area contributed by atoms with Gasteiger partial charge in [0.25, 0.3) is 0 Å². The number of nitrogens with one attached hydrogen (secondary N) is 1. The second-order valence-corrected chi connectivity index (χ2v) is 4.20. The molecule has 0 radical (unpaired) electrons. The maximum absolute atomic E-state index is 11.3. The van der Waals surface area contributed by atoms with Crippen LogP contribution in [-0.2, 0) is 14.3 Å². The van der Waals surface area contributed by atoms with E-state index in [4.69, 9.17) is 9.94 Å². The Labute approximate surface area is 107 Å². The van der Waals surface area contributed by atoms with Crippen molar-refractivity contribution in [3.05, 3.63) is 0 Å². The summed E-state index contributed by atoms with van der Waals surface area (Å²) in [4.78, 5) is 22.6. The average Bonchev–Trinajstić information content (AvgIpc) is 2.28. The Morgan fingerprint density at radius 1 is 1.28 bits per heavy atom. The van der Waals surface area contributed by atoms with Crippen molar-refractivity contribution in [1.29, 1.82) is 0 Å². The van der Waals surface area contributed by atoms with Crippen molar-refractivity contribution in [3.8, 4) is 0 Å². The van der Waals surface area contributed by atoms with E-state index >= 15 is 0 Å². The Balaban J connectivity index is 3.82. The van der Waals surface area contributed by atoms with Crippen molar-refractivity contribution >= 4 is 17.6 Å². The minimum atomic E-state index is -0.605. The predicted molar refractivity (Wildman–Crippen MR) is 67.6 cm³/mol. The fraction of sp³-hybridized carbons (Fsp3) is 0.750. The number of carbonyl (C=O) groups excluding carboxylic acids is 2. The number of hydrogen-bond donors (Lipinski definition) is 2. The number of unbranched alkanes of at least 4 members (excludes halogenated alkanes) is 1. The van der Waals surface area contributed by atoms with Gasteiger partial charge in [0, 0.05) is 18.9 Å². The Morgan fingerprint density at radius 2 is 1.89 bits per heavy atom. The summed E-state index contributed by atoms with van der Waals surface area (Å²) in [7, 11) is 0. The van der Waals surface area contributed by atoms with Gasteiger partial charge in [-0.1, -0.05) is 5.16 Å². The first-order valence-electron chi connectivity index (χ1n) is 6.18. The van der Waals surface area contributed by atoms with Gasteiger partial charge in [0.15, 0.2) is 5.71 Å². The minimum absolute atomic E-state index is 0.00103. The van der Waals surface area contributed by atoms with Crippen LogP contribution in [0.15, 0.2) is 5.16 Å². The summed E-state index contributed by atoms with van der Waals surface area (Å²) < 4.78 is 4.72. The highest BCUT2D eigenvalue weighted by Crippen LogP contribution is 2.03. The molecule has 0 aromatic carbocycles. The van der Waals surface area contributed by atoms with Gasteiger partial charge in [0.05, 0.1) is 6.61 Å². The number of hydrogen-bond acceptors (Lipinski definition) is 5. The number of nitrogens with zero attached hydrogens (tertiary/aromatic N) is 1. The van der Waals surface area contributed by atoms with Crippen LogP contribution in [0.25, 0.3) is 0 Å². The molecule has 0 atom stereocenters. The number of carbonyl (C=O) groups is 2. The summed E-state index contributed by atoms with van der Waals surface area (Å²) in [5.41, 5.74) is 0.00103. The lowest BCUT2D eigenvalue weighted by Crippen LogP contribution is -2.29. The molecule has 0 fully saturated rings. The highest BCUT2D eigenvalue weighted by molar-refractivity contribution is 6.36. The third-order valence-electron chi connectivity index (χ3n) is 2.15. The van der Waals surface area contributed by atoms with E-state index in [1.807, 2.05) is 13.8 Å². The molecule has 0 rings (SSSR count). The molecule has 0 aromatic heterocycles. The molecular formula is C12H22N2O4. The zero-order valence-electron chi connectivity index (χ0n) is 11.2. The Morgan fingerprint density at radius 3 is 2.39 bits per heavy atom. The molecule has 6 nitrogen and oxygen atoms in total. The molecule has 0 heterocycles. The first kappa shape index (κ1) is 16.4. The largest absolute Gasteiger partial charge is 0.461 e. The molecule has 2 N–H and O–H groups in total. The van der Waals surface area contributed by atoms with Crippen molar-refractivity contribution in [2.24, 2.45) is 5.16 Å². The van der Waals surface area contributed by atoms with Crippen LogP contribution in [0.3, 0.4) is 0 Å². The van der Waals surface area contributed by atoms with Gasteiger partial charge in [0.2, 0.25) is 5.91 Å². The normalized spacial score (nSPS) is 11.4. The lowest BCUT2D eigenvalue weighted by molar-refractivity contribution is -0.135. The van der Waals surface area contributed by atoms with Crippen molar-refractivity contribution in [1.82, 2.24) is 5.32 Å². The number of amides is 1. The van der Waals surface area contributed by atoms with Crippen molar-refractivity contribution in [3.63, 3.8) is 0 Å².